The van der Waals surface area contributed by atoms with Crippen LogP contribution in [-0.4, -0.2) is 4.57 Å². The van der Waals surface area contributed by atoms with Gasteiger partial charge in [0.25, 0.3) is 0 Å². The number of nitrogens with zero attached hydrogens (tertiary/aromatic N) is 1. The fourth-order valence-corrected chi connectivity index (χ4v) is 6.98. The zero-order valence-corrected chi connectivity index (χ0v) is 20.1. The summed E-state index contributed by atoms with van der Waals surface area (Å²) in [5.41, 5.74) is 12.2. The lowest BCUT2D eigenvalue weighted by molar-refractivity contribution is 0.336. The molecule has 1 nitrogen and oxygen atoms in total. The summed E-state index contributed by atoms with van der Waals surface area (Å²) in [5, 5.41) is 2.69. The van der Waals surface area contributed by atoms with Crippen LogP contribution in [0.2, 0.25) is 0 Å². The van der Waals surface area contributed by atoms with E-state index < -0.39 is 0 Å². The maximum Gasteiger partial charge on any atom is 0.0537 e. The Morgan fingerprint density at radius 3 is 2.18 bits per heavy atom. The second kappa shape index (κ2) is 7.34. The van der Waals surface area contributed by atoms with E-state index >= 15 is 0 Å². The number of rotatable bonds is 2. The normalized spacial score (nSPS) is 23.4. The Hall–Kier alpha value is -3.32. The van der Waals surface area contributed by atoms with Gasteiger partial charge in [0.05, 0.1) is 11.0 Å². The van der Waals surface area contributed by atoms with Gasteiger partial charge in [0.1, 0.15) is 0 Å². The van der Waals surface area contributed by atoms with Gasteiger partial charge in [-0.25, -0.2) is 0 Å². The fraction of sp³-hybridized carbons (Fsp3) is 0.273. The van der Waals surface area contributed by atoms with E-state index in [2.05, 4.69) is 103 Å². The molecule has 168 valence electrons. The van der Waals surface area contributed by atoms with Crippen molar-refractivity contribution in [3.8, 4) is 0 Å². The highest BCUT2D eigenvalue weighted by Gasteiger charge is 2.44. The molecule has 0 amide bonds. The molecule has 2 aromatic carbocycles. The summed E-state index contributed by atoms with van der Waals surface area (Å²) in [5.74, 6) is 0.653. The molecule has 0 saturated carbocycles. The minimum atomic E-state index is 0.233. The van der Waals surface area contributed by atoms with E-state index in [0.29, 0.717) is 5.92 Å². The molecule has 0 aliphatic heterocycles. The standard InChI is InChI=1S/C33H31N/c1-33(2)29-12-6-3-9-25(29)26-20-17-23(21-30(26)33)22-15-18-24(19-16-22)34-31-13-7-4-10-27(31)28-11-5-8-14-32(28)34/h3-11,13-15,18,21,29H,12,16-17,19-20H2,1-2H3. The first-order valence-electron chi connectivity index (χ1n) is 12.8. The Morgan fingerprint density at radius 1 is 0.765 bits per heavy atom. The summed E-state index contributed by atoms with van der Waals surface area (Å²) < 4.78 is 2.48. The molecular formula is C33H31N. The summed E-state index contributed by atoms with van der Waals surface area (Å²) in [7, 11) is 0. The molecule has 34 heavy (non-hydrogen) atoms. The van der Waals surface area contributed by atoms with Gasteiger partial charge in [-0.2, -0.15) is 0 Å². The number of aromatic nitrogens is 1. The van der Waals surface area contributed by atoms with E-state index in [0.717, 1.165) is 12.8 Å². The molecule has 3 aromatic rings. The Bertz CT molecular complexity index is 1490. The van der Waals surface area contributed by atoms with E-state index in [4.69, 9.17) is 0 Å². The smallest absolute Gasteiger partial charge is 0.0537 e. The lowest BCUT2D eigenvalue weighted by atomic mass is 9.72. The highest BCUT2D eigenvalue weighted by Crippen LogP contribution is 2.57. The Labute approximate surface area is 202 Å². The summed E-state index contributed by atoms with van der Waals surface area (Å²) in [6.45, 7) is 4.92. The number of para-hydroxylation sites is 2. The Kier molecular flexibility index (Phi) is 4.34. The average Bonchev–Trinajstić information content (AvgIpc) is 3.34. The van der Waals surface area contributed by atoms with Crippen molar-refractivity contribution < 1.29 is 0 Å². The zero-order valence-electron chi connectivity index (χ0n) is 20.1. The zero-order chi connectivity index (χ0) is 22.9. The molecule has 7 rings (SSSR count). The number of hydrogen-bond donors (Lipinski definition) is 0. The molecule has 0 radical (unpaired) electrons. The molecule has 1 heterocycles. The third kappa shape index (κ3) is 2.79. The van der Waals surface area contributed by atoms with Crippen LogP contribution in [-0.2, 0) is 0 Å². The van der Waals surface area contributed by atoms with Gasteiger partial charge in [-0.1, -0.05) is 80.6 Å². The van der Waals surface area contributed by atoms with Crippen LogP contribution in [0.15, 0.2) is 113 Å². The Balaban J connectivity index is 1.29. The van der Waals surface area contributed by atoms with Gasteiger partial charge in [-0.05, 0) is 89.5 Å². The first kappa shape index (κ1) is 20.1. The van der Waals surface area contributed by atoms with E-state index in [1.165, 1.54) is 52.3 Å². The third-order valence-corrected chi connectivity index (χ3v) is 8.77. The van der Waals surface area contributed by atoms with E-state index in [-0.39, 0.29) is 5.41 Å². The van der Waals surface area contributed by atoms with Crippen LogP contribution in [0.3, 0.4) is 0 Å². The summed E-state index contributed by atoms with van der Waals surface area (Å²) >= 11 is 0. The third-order valence-electron chi connectivity index (χ3n) is 8.77. The molecule has 1 aromatic heterocycles. The maximum atomic E-state index is 2.57. The molecule has 0 bridgehead atoms. The van der Waals surface area contributed by atoms with Gasteiger partial charge in [0, 0.05) is 16.5 Å². The summed E-state index contributed by atoms with van der Waals surface area (Å²) in [6.07, 6.45) is 20.1. The van der Waals surface area contributed by atoms with Crippen molar-refractivity contribution in [2.45, 2.75) is 46.0 Å². The lowest BCUT2D eigenvalue weighted by Crippen LogP contribution is -2.22. The van der Waals surface area contributed by atoms with Gasteiger partial charge >= 0.3 is 0 Å². The number of fused-ring (bicyclic) bond motifs is 5. The van der Waals surface area contributed by atoms with Crippen LogP contribution in [0.1, 0.15) is 46.0 Å². The lowest BCUT2D eigenvalue weighted by Gasteiger charge is -2.31. The van der Waals surface area contributed by atoms with Crippen molar-refractivity contribution in [3.63, 3.8) is 0 Å². The van der Waals surface area contributed by atoms with Crippen LogP contribution in [0.4, 0.5) is 0 Å². The molecule has 0 fully saturated rings. The van der Waals surface area contributed by atoms with Gasteiger partial charge < -0.3 is 4.57 Å². The summed E-state index contributed by atoms with van der Waals surface area (Å²) in [6, 6.07) is 17.6. The van der Waals surface area contributed by atoms with Gasteiger partial charge in [0.2, 0.25) is 0 Å². The highest BCUT2D eigenvalue weighted by molar-refractivity contribution is 6.10. The van der Waals surface area contributed by atoms with Gasteiger partial charge in [-0.15, -0.1) is 0 Å². The van der Waals surface area contributed by atoms with Crippen molar-refractivity contribution in [1.82, 2.24) is 4.57 Å². The highest BCUT2D eigenvalue weighted by atomic mass is 15.0. The van der Waals surface area contributed by atoms with E-state index in [9.17, 15) is 0 Å². The minimum absolute atomic E-state index is 0.233. The van der Waals surface area contributed by atoms with Crippen LogP contribution in [0, 0.1) is 11.3 Å². The molecule has 0 spiro atoms. The maximum absolute atomic E-state index is 2.57. The molecule has 0 N–H and O–H groups in total. The van der Waals surface area contributed by atoms with Crippen molar-refractivity contribution in [2.24, 2.45) is 11.3 Å². The quantitative estimate of drug-likeness (QED) is 0.374. The van der Waals surface area contributed by atoms with Crippen molar-refractivity contribution in [3.05, 3.63) is 113 Å². The van der Waals surface area contributed by atoms with Gasteiger partial charge in [-0.3, -0.25) is 0 Å². The van der Waals surface area contributed by atoms with Crippen molar-refractivity contribution in [2.75, 3.05) is 0 Å². The largest absolute Gasteiger partial charge is 0.313 e. The average molecular weight is 442 g/mol. The molecule has 1 unspecified atom stereocenters. The summed E-state index contributed by atoms with van der Waals surface area (Å²) in [4.78, 5) is 0. The monoisotopic (exact) mass is 441 g/mol. The second-order valence-electron chi connectivity index (χ2n) is 10.8. The second-order valence-corrected chi connectivity index (χ2v) is 10.8. The predicted octanol–water partition coefficient (Wildman–Crippen LogP) is 8.91. The molecule has 4 aliphatic carbocycles. The molecular weight excluding hydrogens is 410 g/mol. The van der Waals surface area contributed by atoms with Crippen LogP contribution in [0.25, 0.3) is 27.5 Å². The predicted molar refractivity (Wildman–Crippen MR) is 144 cm³/mol. The topological polar surface area (TPSA) is 4.93 Å². The number of hydrogen-bond acceptors (Lipinski definition) is 0. The Morgan fingerprint density at radius 2 is 1.47 bits per heavy atom. The van der Waals surface area contributed by atoms with Gasteiger partial charge in [0.15, 0.2) is 0 Å². The first-order valence-corrected chi connectivity index (χ1v) is 12.8. The molecule has 1 heteroatoms. The molecule has 0 saturated heterocycles. The minimum Gasteiger partial charge on any atom is -0.313 e. The van der Waals surface area contributed by atoms with Crippen molar-refractivity contribution >= 4 is 27.5 Å². The van der Waals surface area contributed by atoms with Crippen LogP contribution >= 0.6 is 0 Å². The molecule has 1 atom stereocenters. The van der Waals surface area contributed by atoms with Crippen LogP contribution in [0.5, 0.6) is 0 Å². The molecule has 4 aliphatic rings. The number of allylic oxidation sites excluding steroid dienone is 12. The SMILES string of the molecule is CC1(C)C2=C(CCC(C3=CC=C(n4c5ccccc5c5ccccc54)CC3)=C2)C2=CC=CCC21. The fourth-order valence-electron chi connectivity index (χ4n) is 6.98. The van der Waals surface area contributed by atoms with E-state index in [1.807, 2.05) is 0 Å². The van der Waals surface area contributed by atoms with Crippen molar-refractivity contribution in [1.29, 1.82) is 0 Å². The van der Waals surface area contributed by atoms with Crippen LogP contribution < -0.4 is 0 Å². The van der Waals surface area contributed by atoms with E-state index in [1.54, 1.807) is 22.3 Å². The first-order chi connectivity index (χ1) is 16.6. The number of benzene rings is 2.